The lowest BCUT2D eigenvalue weighted by Gasteiger charge is -2.36. The molecule has 1 aromatic rings. The number of rotatable bonds is 4. The molecule has 3 heteroatoms. The van der Waals surface area contributed by atoms with Gasteiger partial charge in [-0.25, -0.2) is 0 Å². The van der Waals surface area contributed by atoms with E-state index in [2.05, 4.69) is 48.3 Å². The lowest BCUT2D eigenvalue weighted by molar-refractivity contribution is -0.126. The first-order valence-electron chi connectivity index (χ1n) is 6.70. The Morgan fingerprint density at radius 3 is 2.72 bits per heavy atom. The number of amides is 1. The predicted molar refractivity (Wildman–Crippen MR) is 73.1 cm³/mol. The highest BCUT2D eigenvalue weighted by atomic mass is 16.2. The molecule has 0 spiro atoms. The molecular weight excluding hydrogens is 224 g/mol. The molecule has 1 aliphatic rings. The Morgan fingerprint density at radius 2 is 2.06 bits per heavy atom. The van der Waals surface area contributed by atoms with Gasteiger partial charge in [-0.2, -0.15) is 0 Å². The van der Waals surface area contributed by atoms with Gasteiger partial charge in [-0.15, -0.1) is 0 Å². The maximum absolute atomic E-state index is 11.5. The second-order valence-corrected chi connectivity index (χ2v) is 5.48. The van der Waals surface area contributed by atoms with Gasteiger partial charge in [0.25, 0.3) is 0 Å². The van der Waals surface area contributed by atoms with E-state index < -0.39 is 0 Å². The van der Waals surface area contributed by atoms with E-state index in [1.165, 1.54) is 5.56 Å². The Bertz CT molecular complexity index is 389. The molecule has 0 bridgehead atoms. The summed E-state index contributed by atoms with van der Waals surface area (Å²) in [5.41, 5.74) is 1.28. The Labute approximate surface area is 109 Å². The van der Waals surface area contributed by atoms with Gasteiger partial charge < -0.3 is 5.32 Å². The van der Waals surface area contributed by atoms with Crippen molar-refractivity contribution in [2.75, 3.05) is 13.1 Å². The van der Waals surface area contributed by atoms with Crippen LogP contribution in [0.4, 0.5) is 0 Å². The van der Waals surface area contributed by atoms with Gasteiger partial charge in [-0.05, 0) is 17.9 Å². The molecule has 2 rings (SSSR count). The summed E-state index contributed by atoms with van der Waals surface area (Å²) in [4.78, 5) is 13.8. The normalized spacial score (nSPS) is 21.1. The molecule has 1 heterocycles. The maximum atomic E-state index is 11.5. The average Bonchev–Trinajstić information content (AvgIpc) is 2.33. The lowest BCUT2D eigenvalue weighted by atomic mass is 10.00. The standard InChI is InChI=1S/C15H22N2O/c1-12(2)8-14-9-16-15(18)11-17(14)10-13-6-4-3-5-7-13/h3-7,12,14H,8-11H2,1-2H3,(H,16,18). The minimum Gasteiger partial charge on any atom is -0.353 e. The first-order valence-corrected chi connectivity index (χ1v) is 6.70. The number of hydrogen-bond acceptors (Lipinski definition) is 2. The van der Waals surface area contributed by atoms with Crippen LogP contribution in [0, 0.1) is 5.92 Å². The number of nitrogens with zero attached hydrogens (tertiary/aromatic N) is 1. The summed E-state index contributed by atoms with van der Waals surface area (Å²) in [5, 5.41) is 2.97. The van der Waals surface area contributed by atoms with Crippen LogP contribution in [0.15, 0.2) is 30.3 Å². The smallest absolute Gasteiger partial charge is 0.234 e. The summed E-state index contributed by atoms with van der Waals surface area (Å²) in [6.07, 6.45) is 1.13. The zero-order chi connectivity index (χ0) is 13.0. The first kappa shape index (κ1) is 13.1. The summed E-state index contributed by atoms with van der Waals surface area (Å²) in [6, 6.07) is 10.8. The van der Waals surface area contributed by atoms with E-state index >= 15 is 0 Å². The van der Waals surface area contributed by atoms with E-state index in [9.17, 15) is 4.79 Å². The van der Waals surface area contributed by atoms with E-state index in [1.807, 2.05) is 6.07 Å². The number of piperazine rings is 1. The van der Waals surface area contributed by atoms with E-state index in [0.717, 1.165) is 19.5 Å². The molecule has 18 heavy (non-hydrogen) atoms. The summed E-state index contributed by atoms with van der Waals surface area (Å²) in [6.45, 7) is 6.63. The molecule has 0 saturated carbocycles. The third-order valence-electron chi connectivity index (χ3n) is 3.37. The molecule has 3 nitrogen and oxygen atoms in total. The van der Waals surface area contributed by atoms with Gasteiger partial charge >= 0.3 is 0 Å². The van der Waals surface area contributed by atoms with Gasteiger partial charge in [0.15, 0.2) is 0 Å². The quantitative estimate of drug-likeness (QED) is 0.881. The molecule has 1 fully saturated rings. The number of carbonyl (C=O) groups excluding carboxylic acids is 1. The molecule has 1 saturated heterocycles. The van der Waals surface area contributed by atoms with Gasteiger partial charge in [0.1, 0.15) is 0 Å². The Kier molecular flexibility index (Phi) is 4.37. The van der Waals surface area contributed by atoms with Crippen molar-refractivity contribution in [2.24, 2.45) is 5.92 Å². The number of nitrogens with one attached hydrogen (secondary N) is 1. The second kappa shape index (κ2) is 6.01. The van der Waals surface area contributed by atoms with Crippen molar-refractivity contribution in [3.63, 3.8) is 0 Å². The molecule has 1 amide bonds. The van der Waals surface area contributed by atoms with Crippen LogP contribution in [0.5, 0.6) is 0 Å². The number of carbonyl (C=O) groups is 1. The van der Waals surface area contributed by atoms with Crippen LogP contribution in [0.2, 0.25) is 0 Å². The summed E-state index contributed by atoms with van der Waals surface area (Å²) >= 11 is 0. The predicted octanol–water partition coefficient (Wildman–Crippen LogP) is 2.03. The highest BCUT2D eigenvalue weighted by Gasteiger charge is 2.26. The van der Waals surface area contributed by atoms with Crippen LogP contribution in [-0.2, 0) is 11.3 Å². The fourth-order valence-electron chi connectivity index (χ4n) is 2.51. The molecule has 1 aromatic carbocycles. The molecule has 1 N–H and O–H groups in total. The van der Waals surface area contributed by atoms with Gasteiger partial charge in [-0.1, -0.05) is 44.2 Å². The number of hydrogen-bond donors (Lipinski definition) is 1. The van der Waals surface area contributed by atoms with E-state index in [-0.39, 0.29) is 5.91 Å². The Balaban J connectivity index is 2.03. The fraction of sp³-hybridized carbons (Fsp3) is 0.533. The highest BCUT2D eigenvalue weighted by molar-refractivity contribution is 5.78. The molecule has 1 unspecified atom stereocenters. The van der Waals surface area contributed by atoms with Crippen molar-refractivity contribution in [3.05, 3.63) is 35.9 Å². The van der Waals surface area contributed by atoms with Gasteiger partial charge in [0.05, 0.1) is 6.54 Å². The van der Waals surface area contributed by atoms with Crippen molar-refractivity contribution in [2.45, 2.75) is 32.9 Å². The highest BCUT2D eigenvalue weighted by Crippen LogP contribution is 2.16. The lowest BCUT2D eigenvalue weighted by Crippen LogP contribution is -2.54. The van der Waals surface area contributed by atoms with Crippen LogP contribution in [0.25, 0.3) is 0 Å². The van der Waals surface area contributed by atoms with Crippen LogP contribution in [-0.4, -0.2) is 29.9 Å². The summed E-state index contributed by atoms with van der Waals surface area (Å²) in [7, 11) is 0. The Hall–Kier alpha value is -1.35. The second-order valence-electron chi connectivity index (χ2n) is 5.48. The average molecular weight is 246 g/mol. The van der Waals surface area contributed by atoms with Gasteiger partial charge in [0, 0.05) is 19.1 Å². The van der Waals surface area contributed by atoms with Crippen molar-refractivity contribution < 1.29 is 4.79 Å². The number of benzene rings is 1. The third-order valence-corrected chi connectivity index (χ3v) is 3.37. The molecule has 1 aliphatic heterocycles. The summed E-state index contributed by atoms with van der Waals surface area (Å²) in [5.74, 6) is 0.800. The molecule has 0 aliphatic carbocycles. The zero-order valence-electron chi connectivity index (χ0n) is 11.2. The molecule has 1 atom stereocenters. The molecule has 0 aromatic heterocycles. The van der Waals surface area contributed by atoms with Crippen molar-refractivity contribution in [1.29, 1.82) is 0 Å². The van der Waals surface area contributed by atoms with E-state index in [4.69, 9.17) is 0 Å². The first-order chi connectivity index (χ1) is 8.65. The molecule has 98 valence electrons. The van der Waals surface area contributed by atoms with Crippen molar-refractivity contribution >= 4 is 5.91 Å². The van der Waals surface area contributed by atoms with Crippen LogP contribution in [0.3, 0.4) is 0 Å². The third kappa shape index (κ3) is 3.57. The van der Waals surface area contributed by atoms with Crippen LogP contribution < -0.4 is 5.32 Å². The Morgan fingerprint density at radius 1 is 1.33 bits per heavy atom. The monoisotopic (exact) mass is 246 g/mol. The van der Waals surface area contributed by atoms with Crippen LogP contribution >= 0.6 is 0 Å². The maximum Gasteiger partial charge on any atom is 0.234 e. The molecule has 0 radical (unpaired) electrons. The molecular formula is C15H22N2O. The van der Waals surface area contributed by atoms with Crippen molar-refractivity contribution in [1.82, 2.24) is 10.2 Å². The van der Waals surface area contributed by atoms with Gasteiger partial charge in [-0.3, -0.25) is 9.69 Å². The van der Waals surface area contributed by atoms with Gasteiger partial charge in [0.2, 0.25) is 5.91 Å². The van der Waals surface area contributed by atoms with E-state index in [1.54, 1.807) is 0 Å². The van der Waals surface area contributed by atoms with Crippen LogP contribution in [0.1, 0.15) is 25.8 Å². The largest absolute Gasteiger partial charge is 0.353 e. The van der Waals surface area contributed by atoms with Crippen molar-refractivity contribution in [3.8, 4) is 0 Å². The zero-order valence-corrected chi connectivity index (χ0v) is 11.2. The fourth-order valence-corrected chi connectivity index (χ4v) is 2.51. The SMILES string of the molecule is CC(C)CC1CNC(=O)CN1Cc1ccccc1. The van der Waals surface area contributed by atoms with E-state index in [0.29, 0.717) is 18.5 Å². The minimum absolute atomic E-state index is 0.144. The minimum atomic E-state index is 0.144. The summed E-state index contributed by atoms with van der Waals surface area (Å²) < 4.78 is 0. The topological polar surface area (TPSA) is 32.3 Å².